The normalized spacial score (nSPS) is 19.0. The molecule has 1 saturated carbocycles. The van der Waals surface area contributed by atoms with Crippen LogP contribution in [0.5, 0.6) is 0 Å². The monoisotopic (exact) mass is 290 g/mol. The summed E-state index contributed by atoms with van der Waals surface area (Å²) >= 11 is 6.38. The molecule has 0 amide bonds. The molecule has 1 heterocycles. The highest BCUT2D eigenvalue weighted by molar-refractivity contribution is 6.20. The first-order valence-corrected chi connectivity index (χ1v) is 8.10. The van der Waals surface area contributed by atoms with Gasteiger partial charge >= 0.3 is 0 Å². The number of benzene rings is 1. The minimum atomic E-state index is -0.0456. The van der Waals surface area contributed by atoms with Gasteiger partial charge in [0.15, 0.2) is 0 Å². The Labute approximate surface area is 126 Å². The average molecular weight is 291 g/mol. The number of aryl methyl sites for hydroxylation is 1. The predicted molar refractivity (Wildman–Crippen MR) is 85.3 cm³/mol. The molecule has 1 atom stereocenters. The van der Waals surface area contributed by atoms with Crippen LogP contribution in [0.3, 0.4) is 0 Å². The summed E-state index contributed by atoms with van der Waals surface area (Å²) in [7, 11) is 0. The summed E-state index contributed by atoms with van der Waals surface area (Å²) in [6.07, 6.45) is 5.29. The number of imidazole rings is 1. The van der Waals surface area contributed by atoms with E-state index < -0.39 is 0 Å². The molecule has 0 spiro atoms. The molecule has 1 aliphatic rings. The second-order valence-electron chi connectivity index (χ2n) is 6.32. The fourth-order valence-corrected chi connectivity index (χ4v) is 3.65. The van der Waals surface area contributed by atoms with Crippen molar-refractivity contribution in [3.63, 3.8) is 0 Å². The Kier molecular flexibility index (Phi) is 3.53. The van der Waals surface area contributed by atoms with Crippen molar-refractivity contribution in [2.24, 2.45) is 5.41 Å². The van der Waals surface area contributed by atoms with Crippen LogP contribution in [0.2, 0.25) is 0 Å². The SMILES string of the molecule is CCC1(Cn2c(C(C)Cl)nc3cccc(C)c32)CCC1. The smallest absolute Gasteiger partial charge is 0.127 e. The van der Waals surface area contributed by atoms with Crippen LogP contribution < -0.4 is 0 Å². The van der Waals surface area contributed by atoms with Gasteiger partial charge in [-0.3, -0.25) is 0 Å². The number of fused-ring (bicyclic) bond motifs is 1. The van der Waals surface area contributed by atoms with Crippen molar-refractivity contribution in [1.29, 1.82) is 0 Å². The van der Waals surface area contributed by atoms with Crippen molar-refractivity contribution in [3.8, 4) is 0 Å². The third kappa shape index (κ3) is 2.14. The largest absolute Gasteiger partial charge is 0.326 e. The number of halogens is 1. The standard InChI is InChI=1S/C17H23ClN2/c1-4-17(9-6-10-17)11-20-15-12(2)7-5-8-14(15)19-16(20)13(3)18/h5,7-8,13H,4,6,9-11H2,1-3H3. The molecule has 0 saturated heterocycles. The van der Waals surface area contributed by atoms with Gasteiger partial charge in [0.25, 0.3) is 0 Å². The van der Waals surface area contributed by atoms with E-state index in [9.17, 15) is 0 Å². The van der Waals surface area contributed by atoms with Crippen LogP contribution in [-0.2, 0) is 6.54 Å². The molecule has 1 aromatic carbocycles. The van der Waals surface area contributed by atoms with Gasteiger partial charge in [0.2, 0.25) is 0 Å². The Hall–Kier alpha value is -1.02. The Morgan fingerprint density at radius 1 is 1.40 bits per heavy atom. The highest BCUT2D eigenvalue weighted by Crippen LogP contribution is 2.46. The van der Waals surface area contributed by atoms with Gasteiger partial charge in [0, 0.05) is 6.54 Å². The quantitative estimate of drug-likeness (QED) is 0.706. The third-order valence-electron chi connectivity index (χ3n) is 5.01. The van der Waals surface area contributed by atoms with E-state index in [0.717, 1.165) is 17.9 Å². The van der Waals surface area contributed by atoms with Gasteiger partial charge < -0.3 is 4.57 Å². The van der Waals surface area contributed by atoms with Crippen molar-refractivity contribution in [3.05, 3.63) is 29.6 Å². The van der Waals surface area contributed by atoms with E-state index in [1.165, 1.54) is 36.8 Å². The number of nitrogens with zero attached hydrogens (tertiary/aromatic N) is 2. The van der Waals surface area contributed by atoms with Crippen molar-refractivity contribution in [2.75, 3.05) is 0 Å². The summed E-state index contributed by atoms with van der Waals surface area (Å²) in [6.45, 7) is 7.57. The van der Waals surface area contributed by atoms with Crippen LogP contribution >= 0.6 is 11.6 Å². The Morgan fingerprint density at radius 2 is 2.15 bits per heavy atom. The number of rotatable bonds is 4. The fraction of sp³-hybridized carbons (Fsp3) is 0.588. The lowest BCUT2D eigenvalue weighted by molar-refractivity contribution is 0.101. The topological polar surface area (TPSA) is 17.8 Å². The Morgan fingerprint density at radius 3 is 2.70 bits per heavy atom. The second kappa shape index (κ2) is 5.07. The number of aromatic nitrogens is 2. The van der Waals surface area contributed by atoms with Crippen molar-refractivity contribution in [2.45, 2.75) is 58.4 Å². The van der Waals surface area contributed by atoms with E-state index in [1.54, 1.807) is 0 Å². The van der Waals surface area contributed by atoms with Crippen LogP contribution in [0.1, 0.15) is 56.3 Å². The van der Waals surface area contributed by atoms with Crippen molar-refractivity contribution < 1.29 is 0 Å². The van der Waals surface area contributed by atoms with Crippen LogP contribution in [-0.4, -0.2) is 9.55 Å². The first-order chi connectivity index (χ1) is 9.56. The lowest BCUT2D eigenvalue weighted by Gasteiger charge is -2.42. The van der Waals surface area contributed by atoms with Gasteiger partial charge in [-0.15, -0.1) is 11.6 Å². The van der Waals surface area contributed by atoms with Gasteiger partial charge in [-0.05, 0) is 50.2 Å². The molecule has 0 bridgehead atoms. The maximum Gasteiger partial charge on any atom is 0.127 e. The molecule has 1 aliphatic carbocycles. The molecule has 3 rings (SSSR count). The Balaban J connectivity index is 2.13. The molecule has 1 fully saturated rings. The van der Waals surface area contributed by atoms with Crippen LogP contribution in [0, 0.1) is 12.3 Å². The van der Waals surface area contributed by atoms with Gasteiger partial charge in [-0.2, -0.15) is 0 Å². The summed E-state index contributed by atoms with van der Waals surface area (Å²) in [5.74, 6) is 1.02. The summed E-state index contributed by atoms with van der Waals surface area (Å²) in [5, 5.41) is -0.0456. The van der Waals surface area contributed by atoms with Crippen LogP contribution in [0.4, 0.5) is 0 Å². The highest BCUT2D eigenvalue weighted by Gasteiger charge is 2.36. The van der Waals surface area contributed by atoms with E-state index in [4.69, 9.17) is 16.6 Å². The molecule has 0 N–H and O–H groups in total. The number of hydrogen-bond donors (Lipinski definition) is 0. The molecule has 20 heavy (non-hydrogen) atoms. The minimum absolute atomic E-state index is 0.0456. The van der Waals surface area contributed by atoms with Gasteiger partial charge in [-0.25, -0.2) is 4.98 Å². The predicted octanol–water partition coefficient (Wildman–Crippen LogP) is 5.22. The minimum Gasteiger partial charge on any atom is -0.326 e. The fourth-order valence-electron chi connectivity index (χ4n) is 3.48. The molecule has 1 aromatic heterocycles. The van der Waals surface area contributed by atoms with Gasteiger partial charge in [0.1, 0.15) is 5.82 Å². The van der Waals surface area contributed by atoms with E-state index in [2.05, 4.69) is 36.6 Å². The summed E-state index contributed by atoms with van der Waals surface area (Å²) < 4.78 is 2.39. The lowest BCUT2D eigenvalue weighted by atomic mass is 9.67. The zero-order chi connectivity index (χ0) is 14.3. The van der Waals surface area contributed by atoms with Gasteiger partial charge in [-0.1, -0.05) is 25.5 Å². The van der Waals surface area contributed by atoms with E-state index >= 15 is 0 Å². The van der Waals surface area contributed by atoms with Gasteiger partial charge in [0.05, 0.1) is 16.4 Å². The molecule has 0 aliphatic heterocycles. The number of hydrogen-bond acceptors (Lipinski definition) is 1. The molecular weight excluding hydrogens is 268 g/mol. The molecule has 1 unspecified atom stereocenters. The molecule has 2 nitrogen and oxygen atoms in total. The van der Waals surface area contributed by atoms with Crippen LogP contribution in [0.25, 0.3) is 11.0 Å². The zero-order valence-corrected chi connectivity index (χ0v) is 13.4. The molecule has 3 heteroatoms. The first kappa shape index (κ1) is 13.9. The zero-order valence-electron chi connectivity index (χ0n) is 12.6. The number of alkyl halides is 1. The second-order valence-corrected chi connectivity index (χ2v) is 6.98. The maximum atomic E-state index is 6.38. The average Bonchev–Trinajstić information content (AvgIpc) is 2.74. The first-order valence-electron chi connectivity index (χ1n) is 7.66. The van der Waals surface area contributed by atoms with E-state index in [1.807, 2.05) is 6.92 Å². The van der Waals surface area contributed by atoms with E-state index in [0.29, 0.717) is 5.41 Å². The molecule has 0 radical (unpaired) electrons. The molecule has 2 aromatic rings. The third-order valence-corrected chi connectivity index (χ3v) is 5.21. The summed E-state index contributed by atoms with van der Waals surface area (Å²) in [4.78, 5) is 4.78. The summed E-state index contributed by atoms with van der Waals surface area (Å²) in [6, 6.07) is 6.35. The van der Waals surface area contributed by atoms with Crippen molar-refractivity contribution >= 4 is 22.6 Å². The molecule has 108 valence electrons. The van der Waals surface area contributed by atoms with Crippen LogP contribution in [0.15, 0.2) is 18.2 Å². The number of para-hydroxylation sites is 1. The summed E-state index contributed by atoms with van der Waals surface area (Å²) in [5.41, 5.74) is 4.12. The highest BCUT2D eigenvalue weighted by atomic mass is 35.5. The maximum absolute atomic E-state index is 6.38. The lowest BCUT2D eigenvalue weighted by Crippen LogP contribution is -2.34. The van der Waals surface area contributed by atoms with E-state index in [-0.39, 0.29) is 5.38 Å². The van der Waals surface area contributed by atoms with Crippen molar-refractivity contribution in [1.82, 2.24) is 9.55 Å². The Bertz CT molecular complexity index is 618. The molecular formula is C17H23ClN2.